The van der Waals surface area contributed by atoms with Crippen LogP contribution in [-0.4, -0.2) is 16.7 Å². The van der Waals surface area contributed by atoms with Gasteiger partial charge in [0.1, 0.15) is 0 Å². The number of aryl methyl sites for hydroxylation is 1. The van der Waals surface area contributed by atoms with Gasteiger partial charge in [-0.3, -0.25) is 0 Å². The van der Waals surface area contributed by atoms with E-state index in [2.05, 4.69) is 39.2 Å². The number of nitrogens with zero attached hydrogens (tertiary/aromatic N) is 2. The zero-order valence-corrected chi connectivity index (χ0v) is 10.3. The standard InChI is InChI=1S/C11H15N3OS/c1-8(10-4-6-16-7-10)12-5-3-11-13-9(2)14-15-11/h4,6-8,12H,3,5H2,1-2H3. The molecule has 1 N–H and O–H groups in total. The van der Waals surface area contributed by atoms with Crippen molar-refractivity contribution >= 4 is 11.3 Å². The normalized spacial score (nSPS) is 12.9. The summed E-state index contributed by atoms with van der Waals surface area (Å²) in [5, 5.41) is 11.4. The summed E-state index contributed by atoms with van der Waals surface area (Å²) in [4.78, 5) is 4.15. The molecule has 86 valence electrons. The van der Waals surface area contributed by atoms with Crippen molar-refractivity contribution in [2.45, 2.75) is 26.3 Å². The molecule has 16 heavy (non-hydrogen) atoms. The lowest BCUT2D eigenvalue weighted by Crippen LogP contribution is -2.21. The topological polar surface area (TPSA) is 51.0 Å². The minimum absolute atomic E-state index is 0.371. The Morgan fingerprint density at radius 3 is 3.06 bits per heavy atom. The van der Waals surface area contributed by atoms with Gasteiger partial charge < -0.3 is 9.84 Å². The van der Waals surface area contributed by atoms with Crippen molar-refractivity contribution in [2.24, 2.45) is 0 Å². The summed E-state index contributed by atoms with van der Waals surface area (Å²) >= 11 is 1.72. The summed E-state index contributed by atoms with van der Waals surface area (Å²) in [5.74, 6) is 1.39. The van der Waals surface area contributed by atoms with Gasteiger partial charge in [0.15, 0.2) is 5.82 Å². The maximum absolute atomic E-state index is 5.04. The van der Waals surface area contributed by atoms with E-state index in [-0.39, 0.29) is 0 Å². The minimum Gasteiger partial charge on any atom is -0.339 e. The van der Waals surface area contributed by atoms with Crippen LogP contribution < -0.4 is 5.32 Å². The van der Waals surface area contributed by atoms with E-state index in [0.717, 1.165) is 13.0 Å². The molecule has 0 radical (unpaired) electrons. The van der Waals surface area contributed by atoms with Crippen LogP contribution in [0.25, 0.3) is 0 Å². The largest absolute Gasteiger partial charge is 0.339 e. The van der Waals surface area contributed by atoms with Crippen molar-refractivity contribution in [3.63, 3.8) is 0 Å². The van der Waals surface area contributed by atoms with Gasteiger partial charge in [0.05, 0.1) is 0 Å². The second-order valence-electron chi connectivity index (χ2n) is 3.72. The first-order valence-corrected chi connectivity index (χ1v) is 6.24. The van der Waals surface area contributed by atoms with Crippen molar-refractivity contribution in [1.29, 1.82) is 0 Å². The molecule has 0 fully saturated rings. The lowest BCUT2D eigenvalue weighted by molar-refractivity contribution is 0.370. The molecule has 1 unspecified atom stereocenters. The van der Waals surface area contributed by atoms with Gasteiger partial charge in [-0.15, -0.1) is 0 Å². The quantitative estimate of drug-likeness (QED) is 0.867. The molecule has 2 rings (SSSR count). The number of thiophene rings is 1. The first-order valence-electron chi connectivity index (χ1n) is 5.30. The number of hydrogen-bond acceptors (Lipinski definition) is 5. The van der Waals surface area contributed by atoms with Crippen LogP contribution in [0.4, 0.5) is 0 Å². The third kappa shape index (κ3) is 2.90. The van der Waals surface area contributed by atoms with E-state index in [9.17, 15) is 0 Å². The molecule has 0 saturated carbocycles. The van der Waals surface area contributed by atoms with Gasteiger partial charge in [-0.25, -0.2) is 0 Å². The first-order chi connectivity index (χ1) is 7.75. The highest BCUT2D eigenvalue weighted by Crippen LogP contribution is 2.15. The molecule has 1 atom stereocenters. The van der Waals surface area contributed by atoms with Crippen LogP contribution in [0.15, 0.2) is 21.3 Å². The molecule has 0 saturated heterocycles. The number of nitrogens with one attached hydrogen (secondary N) is 1. The fraction of sp³-hybridized carbons (Fsp3) is 0.455. The molecule has 2 aromatic heterocycles. The van der Waals surface area contributed by atoms with Gasteiger partial charge in [0.25, 0.3) is 0 Å². The Balaban J connectivity index is 1.76. The van der Waals surface area contributed by atoms with E-state index in [1.165, 1.54) is 5.56 Å². The maximum Gasteiger partial charge on any atom is 0.227 e. The Bertz CT molecular complexity index is 424. The SMILES string of the molecule is Cc1noc(CCNC(C)c2ccsc2)n1. The number of aromatic nitrogens is 2. The van der Waals surface area contributed by atoms with Crippen molar-refractivity contribution in [3.05, 3.63) is 34.1 Å². The number of rotatable bonds is 5. The van der Waals surface area contributed by atoms with E-state index in [1.807, 2.05) is 6.92 Å². The lowest BCUT2D eigenvalue weighted by atomic mass is 10.2. The Kier molecular flexibility index (Phi) is 3.69. The van der Waals surface area contributed by atoms with Crippen LogP contribution in [-0.2, 0) is 6.42 Å². The molecule has 0 aliphatic heterocycles. The van der Waals surface area contributed by atoms with Gasteiger partial charge in [0.2, 0.25) is 5.89 Å². The van der Waals surface area contributed by atoms with Crippen molar-refractivity contribution in [2.75, 3.05) is 6.54 Å². The molecule has 0 aliphatic rings. The van der Waals surface area contributed by atoms with Crippen molar-refractivity contribution < 1.29 is 4.52 Å². The molecule has 5 heteroatoms. The van der Waals surface area contributed by atoms with Gasteiger partial charge in [0, 0.05) is 19.0 Å². The summed E-state index contributed by atoms with van der Waals surface area (Å²) in [7, 11) is 0. The first kappa shape index (κ1) is 11.3. The summed E-state index contributed by atoms with van der Waals surface area (Å²) < 4.78 is 5.04. The summed E-state index contributed by atoms with van der Waals surface area (Å²) in [5.41, 5.74) is 1.33. The fourth-order valence-electron chi connectivity index (χ4n) is 1.48. The van der Waals surface area contributed by atoms with Crippen molar-refractivity contribution in [3.8, 4) is 0 Å². The molecular formula is C11H15N3OS. The van der Waals surface area contributed by atoms with Gasteiger partial charge in [-0.1, -0.05) is 5.16 Å². The van der Waals surface area contributed by atoms with Crippen LogP contribution in [0, 0.1) is 6.92 Å². The zero-order chi connectivity index (χ0) is 11.4. The van der Waals surface area contributed by atoms with Crippen LogP contribution in [0.3, 0.4) is 0 Å². The second-order valence-corrected chi connectivity index (χ2v) is 4.50. The Hall–Kier alpha value is -1.20. The third-order valence-corrected chi connectivity index (χ3v) is 3.10. The molecular weight excluding hydrogens is 222 g/mol. The fourth-order valence-corrected chi connectivity index (χ4v) is 2.23. The monoisotopic (exact) mass is 237 g/mol. The maximum atomic E-state index is 5.04. The molecule has 0 amide bonds. The average molecular weight is 237 g/mol. The Morgan fingerprint density at radius 2 is 2.44 bits per heavy atom. The smallest absolute Gasteiger partial charge is 0.227 e. The van der Waals surface area contributed by atoms with E-state index in [1.54, 1.807) is 11.3 Å². The summed E-state index contributed by atoms with van der Waals surface area (Å²) in [6, 6.07) is 2.51. The lowest BCUT2D eigenvalue weighted by Gasteiger charge is -2.10. The summed E-state index contributed by atoms with van der Waals surface area (Å²) in [6.07, 6.45) is 0.773. The highest BCUT2D eigenvalue weighted by Gasteiger charge is 2.06. The Labute approximate surface area is 98.7 Å². The van der Waals surface area contributed by atoms with Gasteiger partial charge >= 0.3 is 0 Å². The summed E-state index contributed by atoms with van der Waals surface area (Å²) in [6.45, 7) is 4.83. The molecule has 0 bridgehead atoms. The predicted molar refractivity (Wildman–Crippen MR) is 63.5 cm³/mol. The predicted octanol–water partition coefficient (Wildman–Crippen LogP) is 2.33. The van der Waals surface area contributed by atoms with E-state index >= 15 is 0 Å². The van der Waals surface area contributed by atoms with E-state index in [0.29, 0.717) is 17.8 Å². The van der Waals surface area contributed by atoms with Crippen LogP contribution in [0.2, 0.25) is 0 Å². The van der Waals surface area contributed by atoms with E-state index < -0.39 is 0 Å². The minimum atomic E-state index is 0.371. The van der Waals surface area contributed by atoms with Crippen molar-refractivity contribution in [1.82, 2.24) is 15.5 Å². The van der Waals surface area contributed by atoms with Crippen LogP contribution >= 0.6 is 11.3 Å². The van der Waals surface area contributed by atoms with Crippen LogP contribution in [0.1, 0.15) is 30.2 Å². The molecule has 2 heterocycles. The molecule has 0 spiro atoms. The number of hydrogen-bond donors (Lipinski definition) is 1. The van der Waals surface area contributed by atoms with E-state index in [4.69, 9.17) is 4.52 Å². The third-order valence-electron chi connectivity index (χ3n) is 2.40. The molecule has 0 aromatic carbocycles. The zero-order valence-electron chi connectivity index (χ0n) is 9.43. The average Bonchev–Trinajstić information content (AvgIpc) is 2.89. The molecule has 2 aromatic rings. The molecule has 0 aliphatic carbocycles. The van der Waals surface area contributed by atoms with Crippen LogP contribution in [0.5, 0.6) is 0 Å². The highest BCUT2D eigenvalue weighted by molar-refractivity contribution is 7.07. The van der Waals surface area contributed by atoms with Gasteiger partial charge in [-0.2, -0.15) is 16.3 Å². The molecule has 4 nitrogen and oxygen atoms in total. The highest BCUT2D eigenvalue weighted by atomic mass is 32.1. The second kappa shape index (κ2) is 5.23. The Morgan fingerprint density at radius 1 is 1.56 bits per heavy atom. The van der Waals surface area contributed by atoms with Gasteiger partial charge in [-0.05, 0) is 36.2 Å².